The number of hydrogen-bond acceptors (Lipinski definition) is 5. The van der Waals surface area contributed by atoms with Crippen LogP contribution in [0.15, 0.2) is 86.2 Å². The smallest absolute Gasteiger partial charge is 0.159 e. The van der Waals surface area contributed by atoms with Crippen LogP contribution in [0.1, 0.15) is 16.8 Å². The van der Waals surface area contributed by atoms with E-state index in [0.717, 1.165) is 55.5 Å². The van der Waals surface area contributed by atoms with Crippen molar-refractivity contribution in [2.75, 3.05) is 0 Å². The van der Waals surface area contributed by atoms with E-state index in [4.69, 9.17) is 4.98 Å². The van der Waals surface area contributed by atoms with Crippen molar-refractivity contribution in [1.82, 2.24) is 34.3 Å². The first kappa shape index (κ1) is 20.0. The summed E-state index contributed by atoms with van der Waals surface area (Å²) in [5.74, 6) is 0.685. The zero-order valence-electron chi connectivity index (χ0n) is 18.8. The lowest BCUT2D eigenvalue weighted by atomic mass is 9.99. The highest BCUT2D eigenvalue weighted by Gasteiger charge is 2.14. The zero-order valence-corrected chi connectivity index (χ0v) is 18.8. The molecule has 0 aliphatic carbocycles. The van der Waals surface area contributed by atoms with Crippen LogP contribution < -0.4 is 0 Å². The van der Waals surface area contributed by atoms with Crippen molar-refractivity contribution in [3.05, 3.63) is 103 Å². The summed E-state index contributed by atoms with van der Waals surface area (Å²) in [4.78, 5) is 13.8. The number of aromatic nitrogens is 7. The van der Waals surface area contributed by atoms with Crippen LogP contribution in [0.5, 0.6) is 0 Å². The first-order valence-corrected chi connectivity index (χ1v) is 10.9. The fourth-order valence-electron chi connectivity index (χ4n) is 4.22. The number of nitrogens with zero attached hydrogens (tertiary/aromatic N) is 7. The van der Waals surface area contributed by atoms with E-state index >= 15 is 0 Å². The minimum atomic E-state index is 0.685. The Bertz CT molecular complexity index is 1710. The van der Waals surface area contributed by atoms with Crippen molar-refractivity contribution in [3.63, 3.8) is 0 Å². The molecule has 0 saturated heterocycles. The van der Waals surface area contributed by atoms with Crippen molar-refractivity contribution < 1.29 is 0 Å². The fraction of sp³-hybridized carbons (Fsp3) is 0.0741. The number of rotatable bonds is 4. The minimum absolute atomic E-state index is 0.685. The first-order valence-electron chi connectivity index (χ1n) is 10.9. The molecule has 0 bridgehead atoms. The van der Waals surface area contributed by atoms with E-state index in [0.29, 0.717) is 5.82 Å². The Morgan fingerprint density at radius 1 is 0.941 bits per heavy atom. The minimum Gasteiger partial charge on any atom is -0.275 e. The van der Waals surface area contributed by atoms with Gasteiger partial charge >= 0.3 is 0 Å². The van der Waals surface area contributed by atoms with Gasteiger partial charge in [0.25, 0.3) is 0 Å². The van der Waals surface area contributed by atoms with Crippen molar-refractivity contribution in [3.8, 4) is 22.5 Å². The molecule has 0 N–H and O–H groups in total. The predicted molar refractivity (Wildman–Crippen MR) is 133 cm³/mol. The monoisotopic (exact) mass is 443 g/mol. The molecule has 5 aromatic heterocycles. The van der Waals surface area contributed by atoms with Gasteiger partial charge in [0, 0.05) is 65.2 Å². The van der Waals surface area contributed by atoms with E-state index < -0.39 is 0 Å². The largest absolute Gasteiger partial charge is 0.275 e. The predicted octanol–water partition coefficient (Wildman–Crippen LogP) is 5.11. The van der Waals surface area contributed by atoms with E-state index in [9.17, 15) is 0 Å². The second-order valence-corrected chi connectivity index (χ2v) is 8.29. The summed E-state index contributed by atoms with van der Waals surface area (Å²) in [6.45, 7) is 6.36. The molecule has 6 rings (SSSR count). The van der Waals surface area contributed by atoms with Crippen LogP contribution in [-0.2, 0) is 7.05 Å². The van der Waals surface area contributed by atoms with E-state index in [1.54, 1.807) is 10.9 Å². The summed E-state index contributed by atoms with van der Waals surface area (Å²) in [7, 11) is 1.91. The van der Waals surface area contributed by atoms with Gasteiger partial charge in [0.05, 0.1) is 23.4 Å². The van der Waals surface area contributed by atoms with Crippen LogP contribution in [0, 0.1) is 6.92 Å². The van der Waals surface area contributed by atoms with Gasteiger partial charge in [-0.25, -0.2) is 14.5 Å². The van der Waals surface area contributed by atoms with E-state index in [2.05, 4.69) is 38.9 Å². The summed E-state index contributed by atoms with van der Waals surface area (Å²) in [5.41, 5.74) is 8.61. The SMILES string of the molecule is C=C(c1ccn2ncc(-c3cnn(C)c3)c2c1)c1cnc(-c2ccc3ncccc3c2)nc1C. The average Bonchev–Trinajstić information content (AvgIpc) is 3.48. The van der Waals surface area contributed by atoms with Gasteiger partial charge in [0.15, 0.2) is 5.82 Å². The lowest BCUT2D eigenvalue weighted by molar-refractivity contribution is 0.768. The third kappa shape index (κ3) is 3.34. The standard InChI is InChI=1S/C27H21N7/c1-17(19-8-10-34-26(12-19)24(15-31-34)22-13-30-33(3)16-22)23-14-29-27(32-18(23)2)21-6-7-25-20(11-21)5-4-9-28-25/h4-16H,1H2,2-3H3. The topological polar surface area (TPSA) is 73.8 Å². The van der Waals surface area contributed by atoms with Crippen LogP contribution >= 0.6 is 0 Å². The Morgan fingerprint density at radius 2 is 1.85 bits per heavy atom. The van der Waals surface area contributed by atoms with Gasteiger partial charge in [-0.3, -0.25) is 9.67 Å². The lowest BCUT2D eigenvalue weighted by Crippen LogP contribution is -1.99. The van der Waals surface area contributed by atoms with E-state index in [1.807, 2.05) is 79.8 Å². The molecular formula is C27H21N7. The number of pyridine rings is 2. The van der Waals surface area contributed by atoms with Crippen molar-refractivity contribution in [1.29, 1.82) is 0 Å². The Kier molecular flexibility index (Phi) is 4.55. The highest BCUT2D eigenvalue weighted by atomic mass is 15.2. The van der Waals surface area contributed by atoms with Crippen LogP contribution in [0.3, 0.4) is 0 Å². The second-order valence-electron chi connectivity index (χ2n) is 8.29. The molecule has 0 aliphatic rings. The maximum absolute atomic E-state index is 4.80. The number of fused-ring (bicyclic) bond motifs is 2. The Balaban J connectivity index is 1.36. The summed E-state index contributed by atoms with van der Waals surface area (Å²) in [6, 6.07) is 14.2. The molecule has 7 nitrogen and oxygen atoms in total. The molecule has 0 fully saturated rings. The van der Waals surface area contributed by atoms with E-state index in [-0.39, 0.29) is 0 Å². The lowest BCUT2D eigenvalue weighted by Gasteiger charge is -2.11. The summed E-state index contributed by atoms with van der Waals surface area (Å²) < 4.78 is 3.65. The molecule has 5 heterocycles. The van der Waals surface area contributed by atoms with Crippen LogP contribution in [0.2, 0.25) is 0 Å². The first-order chi connectivity index (χ1) is 16.6. The van der Waals surface area contributed by atoms with Crippen molar-refractivity contribution >= 4 is 22.0 Å². The molecule has 7 heteroatoms. The summed E-state index contributed by atoms with van der Waals surface area (Å²) in [5, 5.41) is 9.83. The van der Waals surface area contributed by atoms with Crippen LogP contribution in [-0.4, -0.2) is 34.3 Å². The number of aryl methyl sites for hydroxylation is 2. The van der Waals surface area contributed by atoms with Gasteiger partial charge in [-0.2, -0.15) is 10.2 Å². The summed E-state index contributed by atoms with van der Waals surface area (Å²) in [6.07, 6.45) is 11.3. The molecule has 0 saturated carbocycles. The fourth-order valence-corrected chi connectivity index (χ4v) is 4.22. The molecule has 1 aromatic carbocycles. The molecule has 0 spiro atoms. The maximum Gasteiger partial charge on any atom is 0.159 e. The molecule has 0 amide bonds. The molecule has 0 atom stereocenters. The third-order valence-electron chi connectivity index (χ3n) is 6.05. The normalized spacial score (nSPS) is 11.4. The van der Waals surface area contributed by atoms with Gasteiger partial charge in [-0.05, 0) is 54.5 Å². The second kappa shape index (κ2) is 7.74. The molecule has 0 unspecified atom stereocenters. The van der Waals surface area contributed by atoms with Crippen molar-refractivity contribution in [2.45, 2.75) is 6.92 Å². The number of hydrogen-bond donors (Lipinski definition) is 0. The van der Waals surface area contributed by atoms with Gasteiger partial charge in [-0.1, -0.05) is 12.6 Å². The van der Waals surface area contributed by atoms with Gasteiger partial charge in [0.1, 0.15) is 0 Å². The molecule has 6 aromatic rings. The highest BCUT2D eigenvalue weighted by molar-refractivity contribution is 5.86. The Morgan fingerprint density at radius 3 is 2.68 bits per heavy atom. The number of benzene rings is 1. The molecule has 34 heavy (non-hydrogen) atoms. The van der Waals surface area contributed by atoms with E-state index in [1.165, 1.54) is 0 Å². The van der Waals surface area contributed by atoms with Gasteiger partial charge < -0.3 is 0 Å². The molecular weight excluding hydrogens is 422 g/mol. The Hall–Kier alpha value is -4.65. The quantitative estimate of drug-likeness (QED) is 0.379. The average molecular weight is 444 g/mol. The third-order valence-corrected chi connectivity index (χ3v) is 6.05. The van der Waals surface area contributed by atoms with Crippen LogP contribution in [0.4, 0.5) is 0 Å². The molecule has 0 radical (unpaired) electrons. The highest BCUT2D eigenvalue weighted by Crippen LogP contribution is 2.30. The van der Waals surface area contributed by atoms with Crippen molar-refractivity contribution in [2.24, 2.45) is 7.05 Å². The summed E-state index contributed by atoms with van der Waals surface area (Å²) >= 11 is 0. The molecule has 164 valence electrons. The Labute approximate surface area is 196 Å². The molecule has 0 aliphatic heterocycles. The zero-order chi connectivity index (χ0) is 23.2. The van der Waals surface area contributed by atoms with Gasteiger partial charge in [-0.15, -0.1) is 0 Å². The maximum atomic E-state index is 4.80. The van der Waals surface area contributed by atoms with Gasteiger partial charge in [0.2, 0.25) is 0 Å². The van der Waals surface area contributed by atoms with Crippen LogP contribution in [0.25, 0.3) is 44.5 Å².